The van der Waals surface area contributed by atoms with E-state index in [-0.39, 0.29) is 42.7 Å². The van der Waals surface area contributed by atoms with Crippen LogP contribution in [0.4, 0.5) is 0 Å². The Hall–Kier alpha value is -1.93. The number of quaternary nitrogens is 1. The molecule has 0 aliphatic carbocycles. The Kier molecular flexibility index (Phi) is 38.5. The molecule has 56 heavy (non-hydrogen) atoms. The largest absolute Gasteiger partial charge is 0.544 e. The minimum Gasteiger partial charge on any atom is -0.544 e. The van der Waals surface area contributed by atoms with E-state index < -0.39 is 18.1 Å². The van der Waals surface area contributed by atoms with Crippen LogP contribution in [-0.2, 0) is 28.6 Å². The second kappa shape index (κ2) is 39.9. The highest BCUT2D eigenvalue weighted by atomic mass is 16.6. The molecule has 2 atom stereocenters. The first-order valence-electron chi connectivity index (χ1n) is 23.7. The van der Waals surface area contributed by atoms with Crippen LogP contribution in [0.1, 0.15) is 226 Å². The summed E-state index contributed by atoms with van der Waals surface area (Å²) in [6.45, 7) is 4.66. The summed E-state index contributed by atoms with van der Waals surface area (Å²) in [5.41, 5.74) is 0. The van der Waals surface area contributed by atoms with Crippen molar-refractivity contribution in [1.82, 2.24) is 0 Å². The van der Waals surface area contributed by atoms with Gasteiger partial charge in [-0.2, -0.15) is 0 Å². The van der Waals surface area contributed by atoms with Crippen molar-refractivity contribution in [2.24, 2.45) is 0 Å². The molecule has 0 heterocycles. The lowest BCUT2D eigenvalue weighted by Gasteiger charge is -2.34. The molecule has 0 rings (SSSR count). The van der Waals surface area contributed by atoms with Crippen molar-refractivity contribution in [3.63, 3.8) is 0 Å². The Morgan fingerprint density at radius 3 is 1.32 bits per heavy atom. The molecule has 0 amide bonds. The number of carboxylic acid groups (broad SMARTS) is 1. The van der Waals surface area contributed by atoms with Gasteiger partial charge in [0.1, 0.15) is 12.6 Å². The lowest BCUT2D eigenvalue weighted by Crippen LogP contribution is -2.55. The van der Waals surface area contributed by atoms with Gasteiger partial charge in [0.2, 0.25) is 0 Å². The van der Waals surface area contributed by atoms with Gasteiger partial charge < -0.3 is 28.6 Å². The number of ether oxygens (including phenoxy) is 3. The topological polar surface area (TPSA) is 102 Å². The van der Waals surface area contributed by atoms with Crippen LogP contribution in [0.5, 0.6) is 0 Å². The lowest BCUT2D eigenvalue weighted by atomic mass is 10.0. The predicted octanol–water partition coefficient (Wildman–Crippen LogP) is 11.8. The molecule has 0 radical (unpaired) electrons. The molecule has 0 aromatic carbocycles. The molecule has 8 heteroatoms. The van der Waals surface area contributed by atoms with Gasteiger partial charge in [0.05, 0.1) is 40.3 Å². The number of rotatable bonds is 43. The molecule has 8 nitrogen and oxygen atoms in total. The first-order chi connectivity index (χ1) is 27.1. The second-order valence-electron chi connectivity index (χ2n) is 17.4. The first kappa shape index (κ1) is 54.1. The van der Waals surface area contributed by atoms with Gasteiger partial charge in [-0.25, -0.2) is 0 Å². The van der Waals surface area contributed by atoms with Gasteiger partial charge in [-0.05, 0) is 38.5 Å². The van der Waals surface area contributed by atoms with Crippen LogP contribution in [0, 0.1) is 0 Å². The third-order valence-corrected chi connectivity index (χ3v) is 10.9. The number of allylic oxidation sites excluding steroid dienone is 2. The Morgan fingerprint density at radius 2 is 0.893 bits per heavy atom. The number of hydrogen-bond donors (Lipinski definition) is 0. The SMILES string of the molecule is CCCCC/C=C\CCCCCCCC(=O)OC(COCCC(C(=O)[O-])[N+](C)(C)C)COC(=O)CCCCCCCCCCCCCCCCCCCCCC. The molecule has 0 aromatic rings. The van der Waals surface area contributed by atoms with E-state index in [0.717, 1.165) is 51.4 Å². The Bertz CT molecular complexity index is 931. The molecule has 0 aromatic heterocycles. The number of carboxylic acids is 1. The van der Waals surface area contributed by atoms with Gasteiger partial charge in [-0.3, -0.25) is 9.59 Å². The average molecular weight is 794 g/mol. The van der Waals surface area contributed by atoms with Gasteiger partial charge >= 0.3 is 11.9 Å². The van der Waals surface area contributed by atoms with Crippen LogP contribution in [0.2, 0.25) is 0 Å². The van der Waals surface area contributed by atoms with E-state index in [0.29, 0.717) is 12.8 Å². The van der Waals surface area contributed by atoms with Gasteiger partial charge in [0.15, 0.2) is 6.10 Å². The average Bonchev–Trinajstić information content (AvgIpc) is 3.15. The van der Waals surface area contributed by atoms with E-state index >= 15 is 0 Å². The van der Waals surface area contributed by atoms with Gasteiger partial charge in [0.25, 0.3) is 0 Å². The summed E-state index contributed by atoms with van der Waals surface area (Å²) in [7, 11) is 5.41. The number of unbranched alkanes of at least 4 members (excludes halogenated alkanes) is 27. The van der Waals surface area contributed by atoms with Crippen molar-refractivity contribution in [3.8, 4) is 0 Å². The van der Waals surface area contributed by atoms with Gasteiger partial charge in [-0.15, -0.1) is 0 Å². The van der Waals surface area contributed by atoms with E-state index in [9.17, 15) is 19.5 Å². The van der Waals surface area contributed by atoms with E-state index in [1.54, 1.807) is 21.1 Å². The third kappa shape index (κ3) is 37.6. The molecule has 2 unspecified atom stereocenters. The fourth-order valence-electron chi connectivity index (χ4n) is 7.18. The van der Waals surface area contributed by atoms with Crippen LogP contribution in [0.25, 0.3) is 0 Å². The maximum atomic E-state index is 12.7. The predicted molar refractivity (Wildman–Crippen MR) is 231 cm³/mol. The number of nitrogens with zero attached hydrogens (tertiary/aromatic N) is 1. The number of likely N-dealkylation sites (N-methyl/N-ethyl adjacent to an activating group) is 1. The molecule has 0 aliphatic heterocycles. The monoisotopic (exact) mass is 794 g/mol. The standard InChI is InChI=1S/C48H91NO7/c1-6-8-10-12-14-16-18-20-21-22-23-24-25-26-27-29-30-32-34-36-38-46(50)55-43-44(42-54-41-40-45(48(52)53)49(3,4)5)56-47(51)39-37-35-33-31-28-19-17-15-13-11-9-7-2/h15,17,44-45H,6-14,16,18-43H2,1-5H3/b17-15-. The summed E-state index contributed by atoms with van der Waals surface area (Å²) in [5.74, 6) is -1.73. The molecular weight excluding hydrogens is 703 g/mol. The molecule has 0 spiro atoms. The fourth-order valence-corrected chi connectivity index (χ4v) is 7.18. The number of esters is 2. The number of hydrogen-bond acceptors (Lipinski definition) is 7. The number of aliphatic carboxylic acids is 1. The van der Waals surface area contributed by atoms with Crippen LogP contribution < -0.4 is 5.11 Å². The van der Waals surface area contributed by atoms with Crippen molar-refractivity contribution in [2.45, 2.75) is 238 Å². The molecule has 0 saturated heterocycles. The summed E-state index contributed by atoms with van der Waals surface area (Å²) < 4.78 is 17.2. The van der Waals surface area contributed by atoms with Crippen LogP contribution in [0.15, 0.2) is 12.2 Å². The zero-order valence-corrected chi connectivity index (χ0v) is 37.6. The Labute approximate surface area is 346 Å². The third-order valence-electron chi connectivity index (χ3n) is 10.9. The second-order valence-corrected chi connectivity index (χ2v) is 17.4. The first-order valence-corrected chi connectivity index (χ1v) is 23.7. The minimum absolute atomic E-state index is 0.0429. The molecule has 0 saturated carbocycles. The number of carbonyl (C=O) groups excluding carboxylic acids is 3. The van der Waals surface area contributed by atoms with Crippen molar-refractivity contribution in [3.05, 3.63) is 12.2 Å². The summed E-state index contributed by atoms with van der Waals surface area (Å²) >= 11 is 0. The highest BCUT2D eigenvalue weighted by Gasteiger charge is 2.25. The van der Waals surface area contributed by atoms with E-state index in [1.165, 1.54) is 141 Å². The Morgan fingerprint density at radius 1 is 0.518 bits per heavy atom. The zero-order chi connectivity index (χ0) is 41.4. The summed E-state index contributed by atoms with van der Waals surface area (Å²) in [4.78, 5) is 36.9. The Balaban J connectivity index is 4.20. The summed E-state index contributed by atoms with van der Waals surface area (Å²) in [6, 6.07) is -0.722. The molecule has 0 aliphatic rings. The van der Waals surface area contributed by atoms with Crippen molar-refractivity contribution in [2.75, 3.05) is 41.0 Å². The lowest BCUT2D eigenvalue weighted by molar-refractivity contribution is -0.889. The molecular formula is C48H91NO7. The molecule has 0 fully saturated rings. The maximum absolute atomic E-state index is 12.7. The van der Waals surface area contributed by atoms with Gasteiger partial charge in [0, 0.05) is 19.3 Å². The molecule has 0 bridgehead atoms. The van der Waals surface area contributed by atoms with Crippen LogP contribution in [0.3, 0.4) is 0 Å². The van der Waals surface area contributed by atoms with E-state index in [4.69, 9.17) is 14.2 Å². The quantitative estimate of drug-likeness (QED) is 0.0262. The smallest absolute Gasteiger partial charge is 0.306 e. The fraction of sp³-hybridized carbons (Fsp3) is 0.896. The normalized spacial score (nSPS) is 12.9. The summed E-state index contributed by atoms with van der Waals surface area (Å²) in [5, 5.41) is 11.6. The van der Waals surface area contributed by atoms with Crippen molar-refractivity contribution in [1.29, 1.82) is 0 Å². The molecule has 330 valence electrons. The zero-order valence-electron chi connectivity index (χ0n) is 37.6. The number of carbonyl (C=O) groups is 3. The highest BCUT2D eigenvalue weighted by Crippen LogP contribution is 2.16. The van der Waals surface area contributed by atoms with E-state index in [2.05, 4.69) is 26.0 Å². The maximum Gasteiger partial charge on any atom is 0.306 e. The van der Waals surface area contributed by atoms with Crippen LogP contribution in [-0.4, -0.2) is 75.5 Å². The summed E-state index contributed by atoms with van der Waals surface area (Å²) in [6.07, 6.45) is 42.4. The molecule has 0 N–H and O–H groups in total. The highest BCUT2D eigenvalue weighted by molar-refractivity contribution is 5.70. The van der Waals surface area contributed by atoms with Gasteiger partial charge in [-0.1, -0.05) is 180 Å². The minimum atomic E-state index is -1.12. The van der Waals surface area contributed by atoms with Crippen LogP contribution >= 0.6 is 0 Å². The van der Waals surface area contributed by atoms with Crippen molar-refractivity contribution >= 4 is 17.9 Å². The van der Waals surface area contributed by atoms with Crippen molar-refractivity contribution < 1.29 is 38.2 Å². The van der Waals surface area contributed by atoms with E-state index in [1.807, 2.05) is 0 Å².